The predicted octanol–water partition coefficient (Wildman–Crippen LogP) is 2.61. The molecule has 0 saturated heterocycles. The first-order valence-electron chi connectivity index (χ1n) is 6.95. The average Bonchev–Trinajstić information content (AvgIpc) is 2.44. The molecule has 1 aromatic rings. The summed E-state index contributed by atoms with van der Waals surface area (Å²) in [5.41, 5.74) is 0.871. The first-order valence-corrected chi connectivity index (χ1v) is 6.95. The lowest BCUT2D eigenvalue weighted by molar-refractivity contribution is -0.116. The molecule has 0 aliphatic rings. The number of rotatable bonds is 8. The van der Waals surface area contributed by atoms with E-state index in [2.05, 4.69) is 17.6 Å². The van der Waals surface area contributed by atoms with Crippen LogP contribution in [-0.2, 0) is 9.53 Å². The Labute approximate surface area is 131 Å². The molecule has 1 amide bonds. The van der Waals surface area contributed by atoms with Crippen LogP contribution in [0.3, 0.4) is 0 Å². The molecule has 5 nitrogen and oxygen atoms in total. The van der Waals surface area contributed by atoms with Crippen molar-refractivity contribution in [3.63, 3.8) is 0 Å². The highest BCUT2D eigenvalue weighted by Crippen LogP contribution is 2.16. The molecule has 0 saturated carbocycles. The van der Waals surface area contributed by atoms with Gasteiger partial charge in [-0.15, -0.1) is 12.4 Å². The molecule has 0 unspecified atom stereocenters. The van der Waals surface area contributed by atoms with Crippen molar-refractivity contribution in [2.75, 3.05) is 25.0 Å². The first kappa shape index (κ1) is 19.4. The van der Waals surface area contributed by atoms with Crippen LogP contribution in [0.1, 0.15) is 37.0 Å². The van der Waals surface area contributed by atoms with Gasteiger partial charge < -0.3 is 15.4 Å². The fourth-order valence-corrected chi connectivity index (χ4v) is 1.70. The second-order valence-electron chi connectivity index (χ2n) is 4.31. The maximum atomic E-state index is 11.8. The summed E-state index contributed by atoms with van der Waals surface area (Å²) in [7, 11) is 0. The standard InChI is InChI=1S/C15H22N2O3.ClH/c1-3-10-16-11-9-14(18)17-13-8-6-5-7-12(13)15(19)20-4-2;/h5-8,16H,3-4,9-11H2,1-2H3,(H,17,18);1H. The summed E-state index contributed by atoms with van der Waals surface area (Å²) in [4.78, 5) is 23.6. The third-order valence-electron chi connectivity index (χ3n) is 2.65. The highest BCUT2D eigenvalue weighted by molar-refractivity contribution is 6.01. The third kappa shape index (κ3) is 7.11. The van der Waals surface area contributed by atoms with Gasteiger partial charge in [0.05, 0.1) is 17.9 Å². The van der Waals surface area contributed by atoms with Crippen LogP contribution in [0.4, 0.5) is 5.69 Å². The number of anilines is 1. The maximum absolute atomic E-state index is 11.8. The van der Waals surface area contributed by atoms with Gasteiger partial charge in [0.1, 0.15) is 0 Å². The lowest BCUT2D eigenvalue weighted by Crippen LogP contribution is -2.23. The normalized spacial score (nSPS) is 9.62. The topological polar surface area (TPSA) is 67.4 Å². The molecular formula is C15H23ClN2O3. The number of hydrogen-bond acceptors (Lipinski definition) is 4. The summed E-state index contributed by atoms with van der Waals surface area (Å²) in [6, 6.07) is 6.85. The van der Waals surface area contributed by atoms with E-state index in [0.717, 1.165) is 13.0 Å². The van der Waals surface area contributed by atoms with E-state index in [9.17, 15) is 9.59 Å². The minimum absolute atomic E-state index is 0. The molecule has 0 aliphatic heterocycles. The fourth-order valence-electron chi connectivity index (χ4n) is 1.70. The number of hydrogen-bond donors (Lipinski definition) is 2. The van der Waals surface area contributed by atoms with Gasteiger partial charge in [-0.1, -0.05) is 19.1 Å². The number of carbonyl (C=O) groups is 2. The van der Waals surface area contributed by atoms with Gasteiger partial charge in [0.15, 0.2) is 0 Å². The largest absolute Gasteiger partial charge is 0.462 e. The van der Waals surface area contributed by atoms with Crippen LogP contribution >= 0.6 is 12.4 Å². The number of para-hydroxylation sites is 1. The number of esters is 1. The zero-order valence-electron chi connectivity index (χ0n) is 12.5. The Morgan fingerprint density at radius 2 is 1.86 bits per heavy atom. The van der Waals surface area contributed by atoms with Crippen LogP contribution in [-0.4, -0.2) is 31.6 Å². The van der Waals surface area contributed by atoms with Gasteiger partial charge in [-0.25, -0.2) is 4.79 Å². The summed E-state index contributed by atoms with van der Waals surface area (Å²) >= 11 is 0. The average molecular weight is 315 g/mol. The van der Waals surface area contributed by atoms with Crippen LogP contribution in [0.2, 0.25) is 0 Å². The highest BCUT2D eigenvalue weighted by atomic mass is 35.5. The molecule has 0 fully saturated rings. The van der Waals surface area contributed by atoms with Crippen molar-refractivity contribution in [2.45, 2.75) is 26.7 Å². The molecule has 0 radical (unpaired) electrons. The Balaban J connectivity index is 0.00000400. The molecular weight excluding hydrogens is 292 g/mol. The number of ether oxygens (including phenoxy) is 1. The summed E-state index contributed by atoms with van der Waals surface area (Å²) in [6.45, 7) is 5.65. The van der Waals surface area contributed by atoms with Crippen LogP contribution < -0.4 is 10.6 Å². The van der Waals surface area contributed by atoms with Gasteiger partial charge in [-0.05, 0) is 32.0 Å². The molecule has 0 spiro atoms. The molecule has 6 heteroatoms. The second kappa shape index (κ2) is 11.1. The molecule has 0 atom stereocenters. The van der Waals surface area contributed by atoms with E-state index >= 15 is 0 Å². The number of carbonyl (C=O) groups excluding carboxylic acids is 2. The zero-order chi connectivity index (χ0) is 14.8. The Hall–Kier alpha value is -1.59. The van der Waals surface area contributed by atoms with Gasteiger partial charge in [-0.3, -0.25) is 4.79 Å². The molecule has 0 aliphatic carbocycles. The Morgan fingerprint density at radius 1 is 1.14 bits per heavy atom. The predicted molar refractivity (Wildman–Crippen MR) is 86.1 cm³/mol. The van der Waals surface area contributed by atoms with E-state index in [0.29, 0.717) is 30.8 Å². The molecule has 2 N–H and O–H groups in total. The molecule has 21 heavy (non-hydrogen) atoms. The van der Waals surface area contributed by atoms with Crippen molar-refractivity contribution < 1.29 is 14.3 Å². The van der Waals surface area contributed by atoms with E-state index in [1.807, 2.05) is 0 Å². The Morgan fingerprint density at radius 3 is 2.52 bits per heavy atom. The zero-order valence-corrected chi connectivity index (χ0v) is 13.3. The van der Waals surface area contributed by atoms with Crippen molar-refractivity contribution in [3.05, 3.63) is 29.8 Å². The molecule has 118 valence electrons. The highest BCUT2D eigenvalue weighted by Gasteiger charge is 2.13. The lowest BCUT2D eigenvalue weighted by atomic mass is 10.1. The van der Waals surface area contributed by atoms with Crippen LogP contribution in [0.5, 0.6) is 0 Å². The Kier molecular flexibility index (Phi) is 10.3. The quantitative estimate of drug-likeness (QED) is 0.572. The van der Waals surface area contributed by atoms with E-state index in [1.54, 1.807) is 31.2 Å². The SMILES string of the molecule is CCCNCCC(=O)Nc1ccccc1C(=O)OCC.Cl. The molecule has 0 aromatic heterocycles. The van der Waals surface area contributed by atoms with Crippen LogP contribution in [0.15, 0.2) is 24.3 Å². The van der Waals surface area contributed by atoms with Crippen LogP contribution in [0, 0.1) is 0 Å². The van der Waals surface area contributed by atoms with Crippen LogP contribution in [0.25, 0.3) is 0 Å². The third-order valence-corrected chi connectivity index (χ3v) is 2.65. The van der Waals surface area contributed by atoms with Crippen molar-refractivity contribution in [1.82, 2.24) is 5.32 Å². The van der Waals surface area contributed by atoms with Gasteiger partial charge in [0, 0.05) is 13.0 Å². The monoisotopic (exact) mass is 314 g/mol. The molecule has 1 rings (SSSR count). The lowest BCUT2D eigenvalue weighted by Gasteiger charge is -2.10. The number of amides is 1. The summed E-state index contributed by atoms with van der Waals surface area (Å²) in [6.07, 6.45) is 1.41. The van der Waals surface area contributed by atoms with E-state index < -0.39 is 5.97 Å². The maximum Gasteiger partial charge on any atom is 0.340 e. The van der Waals surface area contributed by atoms with Crippen molar-refractivity contribution in [2.24, 2.45) is 0 Å². The van der Waals surface area contributed by atoms with Crippen molar-refractivity contribution in [1.29, 1.82) is 0 Å². The summed E-state index contributed by atoms with van der Waals surface area (Å²) in [5.74, 6) is -0.544. The van der Waals surface area contributed by atoms with Gasteiger partial charge >= 0.3 is 5.97 Å². The van der Waals surface area contributed by atoms with E-state index in [4.69, 9.17) is 4.74 Å². The smallest absolute Gasteiger partial charge is 0.340 e. The summed E-state index contributed by atoms with van der Waals surface area (Å²) in [5, 5.41) is 5.90. The first-order chi connectivity index (χ1) is 9.69. The number of nitrogens with one attached hydrogen (secondary N) is 2. The number of benzene rings is 1. The minimum atomic E-state index is -0.424. The molecule has 0 heterocycles. The molecule has 0 bridgehead atoms. The van der Waals surface area contributed by atoms with Gasteiger partial charge in [0.2, 0.25) is 5.91 Å². The van der Waals surface area contributed by atoms with Crippen molar-refractivity contribution >= 4 is 30.0 Å². The molecule has 1 aromatic carbocycles. The fraction of sp³-hybridized carbons (Fsp3) is 0.467. The Bertz CT molecular complexity index is 452. The minimum Gasteiger partial charge on any atom is -0.462 e. The number of halogens is 1. The van der Waals surface area contributed by atoms with Gasteiger partial charge in [-0.2, -0.15) is 0 Å². The second-order valence-corrected chi connectivity index (χ2v) is 4.31. The van der Waals surface area contributed by atoms with E-state index in [-0.39, 0.29) is 18.3 Å². The van der Waals surface area contributed by atoms with E-state index in [1.165, 1.54) is 0 Å². The summed E-state index contributed by atoms with van der Waals surface area (Å²) < 4.78 is 4.96. The van der Waals surface area contributed by atoms with Crippen molar-refractivity contribution in [3.8, 4) is 0 Å². The van der Waals surface area contributed by atoms with Gasteiger partial charge in [0.25, 0.3) is 0 Å².